The number of nitrogens with zero attached hydrogens (tertiary/aromatic N) is 1. The van der Waals surface area contributed by atoms with Crippen molar-refractivity contribution in [1.82, 2.24) is 9.78 Å². The van der Waals surface area contributed by atoms with Crippen LogP contribution in [0.5, 0.6) is 5.75 Å². The average molecular weight is 514 g/mol. The minimum Gasteiger partial charge on any atom is -0.507 e. The number of nitrogens with one attached hydrogen (secondary N) is 2. The maximum Gasteiger partial charge on any atom is 0.306 e. The van der Waals surface area contributed by atoms with Crippen LogP contribution >= 0.6 is 0 Å². The Kier molecular flexibility index (Phi) is 7.17. The van der Waals surface area contributed by atoms with E-state index in [0.29, 0.717) is 42.6 Å². The highest BCUT2D eigenvalue weighted by atomic mass is 19.3. The molecule has 1 heterocycles. The standard InChI is InChI=1S/C28H33F2N3O4/c1-15-11-12-20(13-16(15)2)33-26(35)23(17(3)32-33)31-25(28(4,29)30)22-10-6-9-21(24(22)34)18-7-5-8-19(14-18)27(36)37/h6,9-13,18-19,25,31-32,34H,5,7-8,14H2,1-4H3,(H,36,37). The van der Waals surface area contributed by atoms with E-state index in [1.165, 1.54) is 10.7 Å². The number of para-hydroxylation sites is 1. The number of aromatic amines is 1. The Hall–Kier alpha value is -3.62. The minimum atomic E-state index is -3.34. The monoisotopic (exact) mass is 513 g/mol. The van der Waals surface area contributed by atoms with Gasteiger partial charge in [-0.25, -0.2) is 13.5 Å². The van der Waals surface area contributed by atoms with Gasteiger partial charge in [-0.2, -0.15) is 0 Å². The lowest BCUT2D eigenvalue weighted by Crippen LogP contribution is -2.31. The largest absolute Gasteiger partial charge is 0.507 e. The molecule has 3 atom stereocenters. The first-order chi connectivity index (χ1) is 17.4. The lowest BCUT2D eigenvalue weighted by molar-refractivity contribution is -0.143. The molecule has 37 heavy (non-hydrogen) atoms. The Morgan fingerprint density at radius 1 is 1.16 bits per heavy atom. The van der Waals surface area contributed by atoms with Crippen molar-refractivity contribution in [3.8, 4) is 11.4 Å². The molecule has 9 heteroatoms. The molecule has 4 N–H and O–H groups in total. The third-order valence-electron chi connectivity index (χ3n) is 7.49. The predicted octanol–water partition coefficient (Wildman–Crippen LogP) is 5.96. The molecule has 0 amide bonds. The summed E-state index contributed by atoms with van der Waals surface area (Å²) in [6, 6.07) is 8.47. The Bertz CT molecular complexity index is 1370. The second kappa shape index (κ2) is 10.0. The van der Waals surface area contributed by atoms with Gasteiger partial charge in [0.25, 0.3) is 11.5 Å². The second-order valence-electron chi connectivity index (χ2n) is 10.2. The van der Waals surface area contributed by atoms with E-state index in [4.69, 9.17) is 0 Å². The van der Waals surface area contributed by atoms with Gasteiger partial charge in [-0.15, -0.1) is 0 Å². The van der Waals surface area contributed by atoms with Crippen LogP contribution in [0.1, 0.15) is 72.5 Å². The van der Waals surface area contributed by atoms with Crippen LogP contribution in [0, 0.1) is 26.7 Å². The van der Waals surface area contributed by atoms with E-state index < -0.39 is 29.4 Å². The molecule has 1 aliphatic carbocycles. The molecule has 198 valence electrons. The van der Waals surface area contributed by atoms with Crippen molar-refractivity contribution in [3.05, 3.63) is 74.7 Å². The summed E-state index contributed by atoms with van der Waals surface area (Å²) < 4.78 is 31.3. The van der Waals surface area contributed by atoms with Crippen LogP contribution in [0.3, 0.4) is 0 Å². The van der Waals surface area contributed by atoms with Crippen molar-refractivity contribution in [2.45, 2.75) is 71.3 Å². The molecule has 0 spiro atoms. The van der Waals surface area contributed by atoms with Crippen molar-refractivity contribution >= 4 is 11.7 Å². The van der Waals surface area contributed by atoms with Gasteiger partial charge in [0, 0.05) is 12.5 Å². The number of anilines is 1. The molecule has 3 unspecified atom stereocenters. The van der Waals surface area contributed by atoms with Gasteiger partial charge in [0.1, 0.15) is 17.5 Å². The first kappa shape index (κ1) is 26.4. The van der Waals surface area contributed by atoms with Gasteiger partial charge >= 0.3 is 5.97 Å². The fourth-order valence-electron chi connectivity index (χ4n) is 5.22. The summed E-state index contributed by atoms with van der Waals surface area (Å²) >= 11 is 0. The van der Waals surface area contributed by atoms with E-state index in [2.05, 4.69) is 10.4 Å². The number of benzene rings is 2. The van der Waals surface area contributed by atoms with Gasteiger partial charge in [0.2, 0.25) is 0 Å². The molecule has 0 bridgehead atoms. The number of alkyl halides is 2. The third kappa shape index (κ3) is 5.26. The highest BCUT2D eigenvalue weighted by Gasteiger charge is 2.39. The summed E-state index contributed by atoms with van der Waals surface area (Å²) in [6.07, 6.45) is 2.24. The van der Waals surface area contributed by atoms with Crippen molar-refractivity contribution in [1.29, 1.82) is 0 Å². The number of phenols is 1. The van der Waals surface area contributed by atoms with E-state index >= 15 is 8.78 Å². The number of hydrogen-bond donors (Lipinski definition) is 4. The summed E-state index contributed by atoms with van der Waals surface area (Å²) in [5, 5.41) is 26.3. The summed E-state index contributed by atoms with van der Waals surface area (Å²) in [6.45, 7) is 6.24. The van der Waals surface area contributed by atoms with Crippen molar-refractivity contribution in [3.63, 3.8) is 0 Å². The van der Waals surface area contributed by atoms with E-state index in [-0.39, 0.29) is 22.9 Å². The Labute approximate surface area is 214 Å². The molecule has 1 aromatic heterocycles. The number of aromatic hydroxyl groups is 1. The van der Waals surface area contributed by atoms with Gasteiger partial charge in [-0.3, -0.25) is 14.7 Å². The van der Waals surface area contributed by atoms with Crippen LogP contribution in [0.2, 0.25) is 0 Å². The quantitative estimate of drug-likeness (QED) is 0.312. The van der Waals surface area contributed by atoms with Crippen LogP contribution in [0.25, 0.3) is 5.69 Å². The Morgan fingerprint density at radius 2 is 1.89 bits per heavy atom. The Morgan fingerprint density at radius 3 is 2.54 bits per heavy atom. The zero-order valence-corrected chi connectivity index (χ0v) is 21.4. The lowest BCUT2D eigenvalue weighted by atomic mass is 9.77. The minimum absolute atomic E-state index is 0.0156. The number of aromatic nitrogens is 2. The summed E-state index contributed by atoms with van der Waals surface area (Å²) in [5.74, 6) is -5.30. The number of carbonyl (C=O) groups is 1. The molecule has 1 aliphatic rings. The molecule has 0 radical (unpaired) electrons. The maximum absolute atomic E-state index is 15.0. The molecule has 3 aromatic rings. The van der Waals surface area contributed by atoms with Crippen LogP contribution in [0.4, 0.5) is 14.5 Å². The zero-order chi connectivity index (χ0) is 27.1. The normalized spacial score (nSPS) is 19.0. The van der Waals surface area contributed by atoms with Gasteiger partial charge in [-0.1, -0.05) is 30.7 Å². The number of aliphatic carboxylic acids is 1. The number of aryl methyl sites for hydroxylation is 3. The topological polar surface area (TPSA) is 107 Å². The summed E-state index contributed by atoms with van der Waals surface area (Å²) in [4.78, 5) is 24.8. The average Bonchev–Trinajstić information content (AvgIpc) is 3.12. The molecule has 0 saturated heterocycles. The van der Waals surface area contributed by atoms with E-state index in [9.17, 15) is 19.8 Å². The second-order valence-corrected chi connectivity index (χ2v) is 10.2. The number of halogens is 2. The van der Waals surface area contributed by atoms with Crippen LogP contribution in [-0.2, 0) is 4.79 Å². The highest BCUT2D eigenvalue weighted by molar-refractivity contribution is 5.70. The molecule has 0 aliphatic heterocycles. The van der Waals surface area contributed by atoms with Crippen molar-refractivity contribution < 1.29 is 23.8 Å². The van der Waals surface area contributed by atoms with Crippen LogP contribution in [0.15, 0.2) is 41.2 Å². The van der Waals surface area contributed by atoms with Gasteiger partial charge in [0.05, 0.1) is 17.3 Å². The first-order valence-corrected chi connectivity index (χ1v) is 12.5. The highest BCUT2D eigenvalue weighted by Crippen LogP contribution is 2.45. The lowest BCUT2D eigenvalue weighted by Gasteiger charge is -2.30. The summed E-state index contributed by atoms with van der Waals surface area (Å²) in [7, 11) is 0. The third-order valence-corrected chi connectivity index (χ3v) is 7.49. The first-order valence-electron chi connectivity index (χ1n) is 12.5. The van der Waals surface area contributed by atoms with Crippen molar-refractivity contribution in [2.24, 2.45) is 5.92 Å². The van der Waals surface area contributed by atoms with Crippen LogP contribution < -0.4 is 10.9 Å². The van der Waals surface area contributed by atoms with Crippen molar-refractivity contribution in [2.75, 3.05) is 5.32 Å². The number of H-pyrrole nitrogens is 1. The molecule has 7 nitrogen and oxygen atoms in total. The molecular weight excluding hydrogens is 480 g/mol. The number of phenolic OH excluding ortho intramolecular Hbond substituents is 1. The smallest absolute Gasteiger partial charge is 0.306 e. The summed E-state index contributed by atoms with van der Waals surface area (Å²) in [5.41, 5.74) is 2.90. The Balaban J connectivity index is 1.72. The van der Waals surface area contributed by atoms with E-state index in [1.54, 1.807) is 25.1 Å². The predicted molar refractivity (Wildman–Crippen MR) is 138 cm³/mol. The molecule has 4 rings (SSSR count). The van der Waals surface area contributed by atoms with Gasteiger partial charge in [0.15, 0.2) is 0 Å². The number of rotatable bonds is 7. The molecular formula is C28H33F2N3O4. The van der Waals surface area contributed by atoms with Gasteiger partial charge in [-0.05, 0) is 74.8 Å². The van der Waals surface area contributed by atoms with Crippen LogP contribution in [-0.4, -0.2) is 31.9 Å². The molecule has 1 fully saturated rings. The number of hydrogen-bond acceptors (Lipinski definition) is 4. The number of carboxylic acid groups (broad SMARTS) is 1. The SMILES string of the molecule is Cc1ccc(-n2[nH]c(C)c(NC(c3cccc(C4CCCC(C(=O)O)C4)c3O)C(C)(F)F)c2=O)cc1C. The number of carboxylic acids is 1. The van der Waals surface area contributed by atoms with E-state index in [1.807, 2.05) is 26.0 Å². The maximum atomic E-state index is 15.0. The fraction of sp³-hybridized carbons (Fsp3) is 0.429. The van der Waals surface area contributed by atoms with Gasteiger partial charge < -0.3 is 15.5 Å². The van der Waals surface area contributed by atoms with E-state index in [0.717, 1.165) is 18.1 Å². The fourth-order valence-corrected chi connectivity index (χ4v) is 5.22. The molecule has 1 saturated carbocycles. The molecule has 2 aromatic carbocycles. The zero-order valence-electron chi connectivity index (χ0n) is 21.4.